The lowest BCUT2D eigenvalue weighted by Crippen LogP contribution is -2.66. The molecular weight excluding hydrogens is 520 g/mol. The smallest absolute Gasteiger partial charge is 0.274 e. The number of aliphatic hydroxyl groups is 1. The lowest BCUT2D eigenvalue weighted by Gasteiger charge is -2.40. The van der Waals surface area contributed by atoms with E-state index in [2.05, 4.69) is 25.9 Å². The number of aliphatic hydroxyl groups excluding tert-OH is 1. The molecule has 0 aliphatic carbocycles. The predicted octanol–water partition coefficient (Wildman–Crippen LogP) is -0.861. The third-order valence-electron chi connectivity index (χ3n) is 7.53. The zero-order chi connectivity index (χ0) is 29.0. The Hall–Kier alpha value is -4.10. The Morgan fingerprint density at radius 2 is 1.88 bits per heavy atom. The normalized spacial score (nSPS) is 29.8. The fourth-order valence-electron chi connectivity index (χ4n) is 4.75. The van der Waals surface area contributed by atoms with Gasteiger partial charge in [-0.15, -0.1) is 0 Å². The van der Waals surface area contributed by atoms with Gasteiger partial charge in [-0.1, -0.05) is 13.0 Å². The van der Waals surface area contributed by atoms with E-state index in [1.165, 1.54) is 37.2 Å². The molecule has 4 rings (SSSR count). The van der Waals surface area contributed by atoms with Crippen molar-refractivity contribution in [3.63, 3.8) is 0 Å². The number of aromatic hydroxyl groups is 1. The summed E-state index contributed by atoms with van der Waals surface area (Å²) in [5, 5.41) is 29.5. The minimum Gasteiger partial charge on any atom is -0.505 e. The molecule has 7 unspecified atom stereocenters. The summed E-state index contributed by atoms with van der Waals surface area (Å²) in [6.45, 7) is 3.51. The average molecular weight is 555 g/mol. The predicted molar refractivity (Wildman–Crippen MR) is 141 cm³/mol. The lowest BCUT2D eigenvalue weighted by atomic mass is 9.90. The van der Waals surface area contributed by atoms with E-state index in [1.54, 1.807) is 31.5 Å². The number of pyridine rings is 2. The van der Waals surface area contributed by atoms with Crippen LogP contribution in [-0.2, 0) is 25.5 Å². The fourth-order valence-corrected chi connectivity index (χ4v) is 4.75. The van der Waals surface area contributed by atoms with Gasteiger partial charge >= 0.3 is 0 Å². The van der Waals surface area contributed by atoms with Crippen molar-refractivity contribution in [1.82, 2.24) is 30.8 Å². The summed E-state index contributed by atoms with van der Waals surface area (Å²) in [6, 6.07) is 1.97. The van der Waals surface area contributed by atoms with Crippen molar-refractivity contribution in [1.29, 1.82) is 0 Å². The molecule has 5 N–H and O–H groups in total. The molecule has 0 aromatic carbocycles. The topological polar surface area (TPSA) is 183 Å². The maximum Gasteiger partial charge on any atom is 0.274 e. The van der Waals surface area contributed by atoms with Crippen LogP contribution in [0.15, 0.2) is 42.9 Å². The Labute approximate surface area is 231 Å². The minimum absolute atomic E-state index is 0.137. The van der Waals surface area contributed by atoms with Crippen LogP contribution in [0.3, 0.4) is 0 Å². The molecule has 13 nitrogen and oxygen atoms in total. The lowest BCUT2D eigenvalue weighted by molar-refractivity contribution is -0.152. The number of hydrogen-bond acceptors (Lipinski definition) is 9. The van der Waals surface area contributed by atoms with E-state index in [0.717, 1.165) is 0 Å². The monoisotopic (exact) mass is 554 g/mol. The van der Waals surface area contributed by atoms with Gasteiger partial charge in [0.25, 0.3) is 5.91 Å². The summed E-state index contributed by atoms with van der Waals surface area (Å²) in [7, 11) is 1.46. The van der Waals surface area contributed by atoms with E-state index >= 15 is 0 Å². The van der Waals surface area contributed by atoms with E-state index in [-0.39, 0.29) is 17.9 Å². The van der Waals surface area contributed by atoms with Crippen LogP contribution < -0.4 is 16.0 Å². The minimum atomic E-state index is -1.36. The van der Waals surface area contributed by atoms with Crippen LogP contribution in [0.2, 0.25) is 0 Å². The number of nitrogens with one attached hydrogen (secondary N) is 3. The Bertz CT molecular complexity index is 1240. The summed E-state index contributed by atoms with van der Waals surface area (Å²) < 4.78 is 5.53. The standard InChI is InChI=1S/C27H34N6O7/c1-14-23(35)17(12-16-6-4-9-28-13-16)30-25(37)20(31-26(38)21-18(34)7-5-10-29-21)15(2)33(3)27(39)22(32-24(14)36)19-8-11-40-19/h4-7,9-10,13-15,17,19-20,22-23,34-35H,8,11-12H2,1-3H3,(H,30,37)(H,31,38)(H,32,36). The molecular formula is C27H34N6O7. The van der Waals surface area contributed by atoms with Crippen LogP contribution in [0.5, 0.6) is 5.75 Å². The molecule has 2 aromatic rings. The van der Waals surface area contributed by atoms with Gasteiger partial charge < -0.3 is 35.8 Å². The molecule has 2 aliphatic heterocycles. The first-order valence-electron chi connectivity index (χ1n) is 13.1. The van der Waals surface area contributed by atoms with Crippen LogP contribution in [0.1, 0.15) is 36.3 Å². The second kappa shape index (κ2) is 12.4. The van der Waals surface area contributed by atoms with Gasteiger partial charge in [0.15, 0.2) is 5.69 Å². The Balaban J connectivity index is 1.71. The van der Waals surface area contributed by atoms with Gasteiger partial charge in [-0.05, 0) is 43.5 Å². The summed E-state index contributed by atoms with van der Waals surface area (Å²) in [5.41, 5.74) is 0.405. The van der Waals surface area contributed by atoms with E-state index < -0.39 is 65.9 Å². The Morgan fingerprint density at radius 1 is 1.15 bits per heavy atom. The molecule has 4 heterocycles. The summed E-state index contributed by atoms with van der Waals surface area (Å²) in [5.74, 6) is -4.01. The van der Waals surface area contributed by atoms with Crippen LogP contribution >= 0.6 is 0 Å². The number of rotatable bonds is 5. The maximum atomic E-state index is 13.8. The highest BCUT2D eigenvalue weighted by molar-refractivity contribution is 5.98. The van der Waals surface area contributed by atoms with E-state index in [4.69, 9.17) is 4.74 Å². The maximum absolute atomic E-state index is 13.8. The van der Waals surface area contributed by atoms with E-state index in [0.29, 0.717) is 18.6 Å². The van der Waals surface area contributed by atoms with Gasteiger partial charge in [0.1, 0.15) is 17.8 Å². The molecule has 2 saturated heterocycles. The molecule has 0 radical (unpaired) electrons. The number of aromatic nitrogens is 2. The fraction of sp³-hybridized carbons (Fsp3) is 0.481. The molecule has 2 aromatic heterocycles. The number of amides is 4. The molecule has 214 valence electrons. The molecule has 13 heteroatoms. The highest BCUT2D eigenvalue weighted by Gasteiger charge is 2.43. The molecule has 40 heavy (non-hydrogen) atoms. The number of hydrogen-bond donors (Lipinski definition) is 5. The van der Waals surface area contributed by atoms with Crippen molar-refractivity contribution in [3.05, 3.63) is 54.1 Å². The number of carbonyl (C=O) groups excluding carboxylic acids is 4. The van der Waals surface area contributed by atoms with Crippen molar-refractivity contribution in [2.75, 3.05) is 13.7 Å². The van der Waals surface area contributed by atoms with E-state index in [9.17, 15) is 29.4 Å². The molecule has 2 fully saturated rings. The van der Waals surface area contributed by atoms with E-state index in [1.807, 2.05) is 0 Å². The molecule has 2 aliphatic rings. The van der Waals surface area contributed by atoms with Crippen LogP contribution in [0.4, 0.5) is 0 Å². The third kappa shape index (κ3) is 6.20. The number of likely N-dealkylation sites (N-methyl/N-ethyl adjacent to an activating group) is 1. The van der Waals surface area contributed by atoms with Crippen molar-refractivity contribution >= 4 is 23.6 Å². The average Bonchev–Trinajstić information content (AvgIpc) is 2.92. The molecule has 0 bridgehead atoms. The highest BCUT2D eigenvalue weighted by Crippen LogP contribution is 2.22. The first-order valence-corrected chi connectivity index (χ1v) is 13.1. The number of carbonyl (C=O) groups is 4. The SMILES string of the molecule is CC1C(=O)NC(C2CCO2)C(=O)N(C)C(C)C(NC(=O)c2ncccc2O)C(=O)NC(Cc2cccnc2)C1O. The van der Waals surface area contributed by atoms with Crippen LogP contribution in [0.25, 0.3) is 0 Å². The summed E-state index contributed by atoms with van der Waals surface area (Å²) in [6.07, 6.45) is 3.25. The molecule has 4 amide bonds. The second-order valence-corrected chi connectivity index (χ2v) is 10.2. The van der Waals surface area contributed by atoms with Gasteiger partial charge in [0.2, 0.25) is 17.7 Å². The zero-order valence-electron chi connectivity index (χ0n) is 22.5. The first-order chi connectivity index (χ1) is 19.1. The second-order valence-electron chi connectivity index (χ2n) is 10.2. The van der Waals surface area contributed by atoms with Gasteiger partial charge in [-0.3, -0.25) is 24.2 Å². The van der Waals surface area contributed by atoms with Gasteiger partial charge in [-0.2, -0.15) is 0 Å². The third-order valence-corrected chi connectivity index (χ3v) is 7.53. The van der Waals surface area contributed by atoms with Crippen molar-refractivity contribution in [3.8, 4) is 5.75 Å². The van der Waals surface area contributed by atoms with Crippen LogP contribution in [-0.4, -0.2) is 98.7 Å². The molecule has 7 atom stereocenters. The van der Waals surface area contributed by atoms with Crippen molar-refractivity contribution in [2.24, 2.45) is 5.92 Å². The Kier molecular flexibility index (Phi) is 8.95. The van der Waals surface area contributed by atoms with Gasteiger partial charge in [-0.25, -0.2) is 4.98 Å². The number of nitrogens with zero attached hydrogens (tertiary/aromatic N) is 3. The van der Waals surface area contributed by atoms with Crippen molar-refractivity contribution < 1.29 is 34.1 Å². The highest BCUT2D eigenvalue weighted by atomic mass is 16.5. The van der Waals surface area contributed by atoms with Crippen LogP contribution in [0, 0.1) is 5.92 Å². The zero-order valence-corrected chi connectivity index (χ0v) is 22.5. The summed E-state index contributed by atoms with van der Waals surface area (Å²) >= 11 is 0. The Morgan fingerprint density at radius 3 is 2.50 bits per heavy atom. The quantitative estimate of drug-likeness (QED) is 0.314. The largest absolute Gasteiger partial charge is 0.505 e. The van der Waals surface area contributed by atoms with Crippen molar-refractivity contribution in [2.45, 2.75) is 63.1 Å². The number of ether oxygens (including phenoxy) is 1. The van der Waals surface area contributed by atoms with Gasteiger partial charge in [0, 0.05) is 32.2 Å². The molecule has 0 saturated carbocycles. The first kappa shape index (κ1) is 28.9. The molecule has 0 spiro atoms. The summed E-state index contributed by atoms with van der Waals surface area (Å²) in [4.78, 5) is 62.9. The van der Waals surface area contributed by atoms with Gasteiger partial charge in [0.05, 0.1) is 30.2 Å².